The molecule has 0 N–H and O–H groups in total. The van der Waals surface area contributed by atoms with Crippen molar-refractivity contribution < 1.29 is 23.7 Å². The second-order valence-corrected chi connectivity index (χ2v) is 9.45. The minimum Gasteiger partial charge on any atom is -0.497 e. The molecule has 10 heteroatoms. The molecule has 0 unspecified atom stereocenters. The number of carbonyl (C=O) groups excluding carboxylic acids is 1. The normalized spacial score (nSPS) is 15.2. The molecule has 0 fully saturated rings. The van der Waals surface area contributed by atoms with E-state index in [0.717, 1.165) is 5.56 Å². The summed E-state index contributed by atoms with van der Waals surface area (Å²) >= 11 is 7.58. The summed E-state index contributed by atoms with van der Waals surface area (Å²) in [7, 11) is 3.08. The van der Waals surface area contributed by atoms with Crippen molar-refractivity contribution in [3.05, 3.63) is 83.5 Å². The molecule has 0 spiro atoms. The van der Waals surface area contributed by atoms with Crippen LogP contribution in [0.15, 0.2) is 57.5 Å². The van der Waals surface area contributed by atoms with E-state index in [-0.39, 0.29) is 17.7 Å². The maximum Gasteiger partial charge on any atom is 0.338 e. The third-order valence-corrected chi connectivity index (χ3v) is 7.08. The van der Waals surface area contributed by atoms with Crippen LogP contribution in [0.3, 0.4) is 0 Å². The largest absolute Gasteiger partial charge is 0.497 e. The number of carbonyl (C=O) groups is 1. The molecule has 0 amide bonds. The summed E-state index contributed by atoms with van der Waals surface area (Å²) in [5.74, 6) is 1.07. The van der Waals surface area contributed by atoms with Gasteiger partial charge in [-0.25, -0.2) is 9.79 Å². The highest BCUT2D eigenvalue weighted by molar-refractivity contribution is 7.07. The molecule has 1 aliphatic rings. The molecule has 1 aromatic heterocycles. The van der Waals surface area contributed by atoms with Gasteiger partial charge in [0.1, 0.15) is 23.3 Å². The first-order valence-corrected chi connectivity index (χ1v) is 12.9. The summed E-state index contributed by atoms with van der Waals surface area (Å²) in [6.45, 7) is 6.01. The van der Waals surface area contributed by atoms with Crippen LogP contribution in [-0.2, 0) is 9.53 Å². The number of methoxy groups -OCH3 is 2. The predicted octanol–water partition coefficient (Wildman–Crippen LogP) is 3.87. The molecule has 0 radical (unpaired) electrons. The Balaban J connectivity index is 1.96. The van der Waals surface area contributed by atoms with Crippen LogP contribution >= 0.6 is 22.9 Å². The summed E-state index contributed by atoms with van der Waals surface area (Å²) < 4.78 is 23.8. The molecule has 0 saturated carbocycles. The molecule has 8 nitrogen and oxygen atoms in total. The smallest absolute Gasteiger partial charge is 0.338 e. The van der Waals surface area contributed by atoms with Crippen molar-refractivity contribution in [1.29, 1.82) is 0 Å². The van der Waals surface area contributed by atoms with Crippen LogP contribution in [0.5, 0.6) is 17.2 Å². The van der Waals surface area contributed by atoms with Gasteiger partial charge in [0.2, 0.25) is 0 Å². The van der Waals surface area contributed by atoms with E-state index in [1.54, 1.807) is 57.4 Å². The fourth-order valence-electron chi connectivity index (χ4n) is 4.17. The van der Waals surface area contributed by atoms with Crippen LogP contribution in [0.4, 0.5) is 0 Å². The Bertz CT molecular complexity index is 1560. The lowest BCUT2D eigenvalue weighted by Gasteiger charge is -2.26. The highest BCUT2D eigenvalue weighted by Gasteiger charge is 2.35. The van der Waals surface area contributed by atoms with Gasteiger partial charge < -0.3 is 18.9 Å². The SMILES string of the molecule is CCOC(=O)C1=C(C)N=c2s/c(=C\c3ccc(OCC)c(Cl)c3)c(=O)n2[C@H]1c1cc(OC)ccc1OC. The summed E-state index contributed by atoms with van der Waals surface area (Å²) in [5.41, 5.74) is 1.73. The predicted molar refractivity (Wildman–Crippen MR) is 143 cm³/mol. The number of rotatable bonds is 8. The van der Waals surface area contributed by atoms with Gasteiger partial charge in [-0.3, -0.25) is 9.36 Å². The standard InChI is InChI=1S/C27H27ClN2O6S/c1-6-35-21-10-8-16(12-19(21)28)13-22-25(31)30-24(18-14-17(33-4)9-11-20(18)34-5)23(26(32)36-7-2)15(3)29-27(30)37-22/h8-14,24H,6-7H2,1-5H3/b22-13-/t24-/m0/s1. The van der Waals surface area contributed by atoms with E-state index in [1.165, 1.54) is 23.0 Å². The Labute approximate surface area is 223 Å². The van der Waals surface area contributed by atoms with Crippen molar-refractivity contribution in [2.75, 3.05) is 27.4 Å². The van der Waals surface area contributed by atoms with Crippen LogP contribution in [0, 0.1) is 0 Å². The second-order valence-electron chi connectivity index (χ2n) is 8.03. The highest BCUT2D eigenvalue weighted by Crippen LogP contribution is 2.37. The minimum atomic E-state index is -0.827. The lowest BCUT2D eigenvalue weighted by atomic mass is 9.94. The number of hydrogen-bond donors (Lipinski definition) is 0. The number of ether oxygens (including phenoxy) is 4. The van der Waals surface area contributed by atoms with Crippen molar-refractivity contribution >= 4 is 35.0 Å². The molecule has 0 bridgehead atoms. The maximum atomic E-state index is 13.8. The zero-order chi connectivity index (χ0) is 26.7. The van der Waals surface area contributed by atoms with E-state index in [1.807, 2.05) is 13.0 Å². The van der Waals surface area contributed by atoms with Crippen LogP contribution in [0.2, 0.25) is 5.02 Å². The average Bonchev–Trinajstić information content (AvgIpc) is 3.18. The molecule has 1 atom stereocenters. The number of thiazole rings is 1. The van der Waals surface area contributed by atoms with Crippen molar-refractivity contribution in [2.45, 2.75) is 26.8 Å². The molecule has 194 valence electrons. The molecule has 37 heavy (non-hydrogen) atoms. The Morgan fingerprint density at radius 1 is 1.11 bits per heavy atom. The van der Waals surface area contributed by atoms with Gasteiger partial charge in [-0.05, 0) is 62.7 Å². The molecule has 0 saturated heterocycles. The fraction of sp³-hybridized carbons (Fsp3) is 0.296. The molecule has 2 aromatic carbocycles. The van der Waals surface area contributed by atoms with Crippen molar-refractivity contribution in [1.82, 2.24) is 4.57 Å². The van der Waals surface area contributed by atoms with E-state index in [2.05, 4.69) is 4.99 Å². The molecular formula is C27H27ClN2O6S. The molecule has 0 aliphatic carbocycles. The monoisotopic (exact) mass is 542 g/mol. The highest BCUT2D eigenvalue weighted by atomic mass is 35.5. The number of hydrogen-bond acceptors (Lipinski definition) is 8. The average molecular weight is 543 g/mol. The molecule has 4 rings (SSSR count). The number of fused-ring (bicyclic) bond motifs is 1. The number of benzene rings is 2. The zero-order valence-electron chi connectivity index (χ0n) is 21.2. The van der Waals surface area contributed by atoms with E-state index in [4.69, 9.17) is 30.5 Å². The third kappa shape index (κ3) is 5.14. The zero-order valence-corrected chi connectivity index (χ0v) is 22.7. The van der Waals surface area contributed by atoms with Gasteiger partial charge >= 0.3 is 5.97 Å². The maximum absolute atomic E-state index is 13.8. The summed E-state index contributed by atoms with van der Waals surface area (Å²) in [6, 6.07) is 9.75. The number of nitrogens with zero attached hydrogens (tertiary/aromatic N) is 2. The molecule has 3 aromatic rings. The molecule has 2 heterocycles. The van der Waals surface area contributed by atoms with E-state index >= 15 is 0 Å². The van der Waals surface area contributed by atoms with Gasteiger partial charge in [-0.2, -0.15) is 0 Å². The van der Waals surface area contributed by atoms with Crippen molar-refractivity contribution in [3.63, 3.8) is 0 Å². The van der Waals surface area contributed by atoms with Crippen LogP contribution in [0.1, 0.15) is 37.9 Å². The van der Waals surface area contributed by atoms with E-state index < -0.39 is 12.0 Å². The lowest BCUT2D eigenvalue weighted by molar-refractivity contribution is -0.139. The quantitative estimate of drug-likeness (QED) is 0.402. The first-order valence-electron chi connectivity index (χ1n) is 11.7. The number of halogens is 1. The topological polar surface area (TPSA) is 88.4 Å². The van der Waals surface area contributed by atoms with Gasteiger partial charge in [0.15, 0.2) is 4.80 Å². The fourth-order valence-corrected chi connectivity index (χ4v) is 5.46. The summed E-state index contributed by atoms with van der Waals surface area (Å²) in [6.07, 6.45) is 1.74. The minimum absolute atomic E-state index is 0.181. The van der Waals surface area contributed by atoms with Crippen LogP contribution in [-0.4, -0.2) is 38.0 Å². The second kappa shape index (κ2) is 11.2. The van der Waals surface area contributed by atoms with Gasteiger partial charge in [0.25, 0.3) is 5.56 Å². The van der Waals surface area contributed by atoms with Gasteiger partial charge in [-0.1, -0.05) is 29.0 Å². The molecule has 1 aliphatic heterocycles. The number of esters is 1. The van der Waals surface area contributed by atoms with Gasteiger partial charge in [0, 0.05) is 5.56 Å². The Morgan fingerprint density at radius 3 is 2.51 bits per heavy atom. The number of allylic oxidation sites excluding steroid dienone is 1. The molecular weight excluding hydrogens is 516 g/mol. The summed E-state index contributed by atoms with van der Waals surface area (Å²) in [4.78, 5) is 32.0. The summed E-state index contributed by atoms with van der Waals surface area (Å²) in [5, 5.41) is 0.447. The van der Waals surface area contributed by atoms with E-state index in [9.17, 15) is 9.59 Å². The lowest BCUT2D eigenvalue weighted by Crippen LogP contribution is -2.40. The van der Waals surface area contributed by atoms with E-state index in [0.29, 0.717) is 49.5 Å². The Morgan fingerprint density at radius 2 is 1.86 bits per heavy atom. The first-order chi connectivity index (χ1) is 17.8. The van der Waals surface area contributed by atoms with Gasteiger partial charge in [-0.15, -0.1) is 0 Å². The van der Waals surface area contributed by atoms with Crippen molar-refractivity contribution in [3.8, 4) is 17.2 Å². The van der Waals surface area contributed by atoms with Crippen LogP contribution in [0.25, 0.3) is 6.08 Å². The van der Waals surface area contributed by atoms with Gasteiger partial charge in [0.05, 0.1) is 48.3 Å². The Hall–Kier alpha value is -3.56. The third-order valence-electron chi connectivity index (χ3n) is 5.80. The van der Waals surface area contributed by atoms with Crippen LogP contribution < -0.4 is 29.1 Å². The Kier molecular flexibility index (Phi) is 8.04. The number of aromatic nitrogens is 1. The first kappa shape index (κ1) is 26.5. The van der Waals surface area contributed by atoms with Crippen molar-refractivity contribution in [2.24, 2.45) is 4.99 Å².